The Balaban J connectivity index is 2.07. The SMILES string of the molecule is CCN(CC)C(=O)CSc1nnc(-c2ccc(OC)c(OC)c2)o1. The summed E-state index contributed by atoms with van der Waals surface area (Å²) in [6.45, 7) is 5.29. The van der Waals surface area contributed by atoms with Crippen LogP contribution in [0.1, 0.15) is 13.8 Å². The van der Waals surface area contributed by atoms with Crippen molar-refractivity contribution in [3.8, 4) is 23.0 Å². The Kier molecular flexibility index (Phi) is 6.48. The molecule has 1 aromatic carbocycles. The number of carbonyl (C=O) groups is 1. The highest BCUT2D eigenvalue weighted by atomic mass is 32.2. The van der Waals surface area contributed by atoms with Crippen LogP contribution in [0.4, 0.5) is 0 Å². The van der Waals surface area contributed by atoms with Crippen molar-refractivity contribution in [1.29, 1.82) is 0 Å². The van der Waals surface area contributed by atoms with Crippen LogP contribution in [0.3, 0.4) is 0 Å². The van der Waals surface area contributed by atoms with Crippen molar-refractivity contribution in [3.63, 3.8) is 0 Å². The topological polar surface area (TPSA) is 77.7 Å². The number of benzene rings is 1. The molecule has 2 rings (SSSR count). The second-order valence-corrected chi connectivity index (χ2v) is 5.72. The van der Waals surface area contributed by atoms with E-state index in [1.807, 2.05) is 19.9 Å². The van der Waals surface area contributed by atoms with Crippen molar-refractivity contribution < 1.29 is 18.7 Å². The highest BCUT2D eigenvalue weighted by molar-refractivity contribution is 7.99. The zero-order valence-electron chi connectivity index (χ0n) is 14.2. The first kappa shape index (κ1) is 18.1. The number of rotatable bonds is 8. The van der Waals surface area contributed by atoms with Crippen LogP contribution in [0.25, 0.3) is 11.5 Å². The molecule has 1 aromatic heterocycles. The number of hydrogen-bond donors (Lipinski definition) is 0. The first-order valence-electron chi connectivity index (χ1n) is 7.59. The van der Waals surface area contributed by atoms with Gasteiger partial charge in [-0.15, -0.1) is 10.2 Å². The maximum atomic E-state index is 12.0. The van der Waals surface area contributed by atoms with Gasteiger partial charge in [-0.2, -0.15) is 0 Å². The first-order chi connectivity index (χ1) is 11.6. The molecule has 0 unspecified atom stereocenters. The van der Waals surface area contributed by atoms with E-state index in [1.165, 1.54) is 11.8 Å². The first-order valence-corrected chi connectivity index (χ1v) is 8.57. The van der Waals surface area contributed by atoms with Gasteiger partial charge in [0.15, 0.2) is 11.5 Å². The van der Waals surface area contributed by atoms with Crippen molar-refractivity contribution in [2.45, 2.75) is 19.1 Å². The van der Waals surface area contributed by atoms with E-state index in [0.717, 1.165) is 5.56 Å². The summed E-state index contributed by atoms with van der Waals surface area (Å²) in [6.07, 6.45) is 0. The molecule has 24 heavy (non-hydrogen) atoms. The zero-order chi connectivity index (χ0) is 17.5. The van der Waals surface area contributed by atoms with E-state index in [2.05, 4.69) is 10.2 Å². The maximum Gasteiger partial charge on any atom is 0.277 e. The summed E-state index contributed by atoms with van der Waals surface area (Å²) in [4.78, 5) is 13.8. The fraction of sp³-hybridized carbons (Fsp3) is 0.438. The summed E-state index contributed by atoms with van der Waals surface area (Å²) < 4.78 is 16.1. The number of ether oxygens (including phenoxy) is 2. The molecule has 7 nitrogen and oxygen atoms in total. The number of amides is 1. The predicted octanol–water partition coefficient (Wildman–Crippen LogP) is 2.71. The standard InChI is InChI=1S/C16H21N3O4S/c1-5-19(6-2)14(20)10-24-16-18-17-15(23-16)11-7-8-12(21-3)13(9-11)22-4/h7-9H,5-6,10H2,1-4H3. The Hall–Kier alpha value is -2.22. The summed E-state index contributed by atoms with van der Waals surface area (Å²) in [5.74, 6) is 1.90. The molecule has 0 fully saturated rings. The molecule has 0 saturated carbocycles. The molecule has 0 radical (unpaired) electrons. The number of carbonyl (C=O) groups excluding carboxylic acids is 1. The van der Waals surface area contributed by atoms with Gasteiger partial charge in [-0.05, 0) is 32.0 Å². The molecule has 0 atom stereocenters. The molecule has 8 heteroatoms. The Labute approximate surface area is 145 Å². The Morgan fingerprint density at radius 2 is 1.88 bits per heavy atom. The van der Waals surface area contributed by atoms with Crippen LogP contribution in [0.2, 0.25) is 0 Å². The molecule has 0 aliphatic heterocycles. The minimum Gasteiger partial charge on any atom is -0.493 e. The van der Waals surface area contributed by atoms with Gasteiger partial charge < -0.3 is 18.8 Å². The molecule has 0 aliphatic carbocycles. The third-order valence-electron chi connectivity index (χ3n) is 3.47. The van der Waals surface area contributed by atoms with Gasteiger partial charge in [0.25, 0.3) is 5.22 Å². The van der Waals surface area contributed by atoms with Crippen LogP contribution in [0.5, 0.6) is 11.5 Å². The Morgan fingerprint density at radius 3 is 2.50 bits per heavy atom. The lowest BCUT2D eigenvalue weighted by atomic mass is 10.2. The lowest BCUT2D eigenvalue weighted by Gasteiger charge is -2.17. The van der Waals surface area contributed by atoms with Crippen molar-refractivity contribution in [3.05, 3.63) is 18.2 Å². The van der Waals surface area contributed by atoms with E-state index in [4.69, 9.17) is 13.9 Å². The predicted molar refractivity (Wildman–Crippen MR) is 91.5 cm³/mol. The summed E-state index contributed by atoms with van der Waals surface area (Å²) >= 11 is 1.23. The molecule has 1 heterocycles. The highest BCUT2D eigenvalue weighted by Crippen LogP contribution is 2.32. The van der Waals surface area contributed by atoms with Gasteiger partial charge in [0.1, 0.15) is 0 Å². The third kappa shape index (κ3) is 4.19. The van der Waals surface area contributed by atoms with Gasteiger partial charge in [-0.3, -0.25) is 4.79 Å². The number of aromatic nitrogens is 2. The average molecular weight is 351 g/mol. The molecule has 0 aliphatic rings. The number of thioether (sulfide) groups is 1. The largest absolute Gasteiger partial charge is 0.493 e. The fourth-order valence-corrected chi connectivity index (χ4v) is 2.81. The zero-order valence-corrected chi connectivity index (χ0v) is 15.1. The lowest BCUT2D eigenvalue weighted by molar-refractivity contribution is -0.127. The maximum absolute atomic E-state index is 12.0. The van der Waals surface area contributed by atoms with Crippen molar-refractivity contribution in [1.82, 2.24) is 15.1 Å². The second kappa shape index (κ2) is 8.58. The van der Waals surface area contributed by atoms with Crippen LogP contribution in [-0.4, -0.2) is 54.1 Å². The van der Waals surface area contributed by atoms with Crippen LogP contribution in [-0.2, 0) is 4.79 Å². The minimum atomic E-state index is 0.0517. The van der Waals surface area contributed by atoms with Gasteiger partial charge >= 0.3 is 0 Å². The van der Waals surface area contributed by atoms with E-state index < -0.39 is 0 Å². The van der Waals surface area contributed by atoms with Gasteiger partial charge in [0.05, 0.1) is 20.0 Å². The molecular weight excluding hydrogens is 330 g/mol. The van der Waals surface area contributed by atoms with Crippen LogP contribution in [0.15, 0.2) is 27.8 Å². The van der Waals surface area contributed by atoms with Crippen LogP contribution < -0.4 is 9.47 Å². The van der Waals surface area contributed by atoms with Gasteiger partial charge in [-0.1, -0.05) is 11.8 Å². The van der Waals surface area contributed by atoms with Gasteiger partial charge in [-0.25, -0.2) is 0 Å². The third-order valence-corrected chi connectivity index (χ3v) is 4.28. The Morgan fingerprint density at radius 1 is 1.17 bits per heavy atom. The molecular formula is C16H21N3O4S. The number of methoxy groups -OCH3 is 2. The van der Waals surface area contributed by atoms with Crippen LogP contribution >= 0.6 is 11.8 Å². The normalized spacial score (nSPS) is 10.5. The van der Waals surface area contributed by atoms with Gasteiger partial charge in [0.2, 0.25) is 11.8 Å². The lowest BCUT2D eigenvalue weighted by Crippen LogP contribution is -2.31. The molecule has 0 saturated heterocycles. The Bertz CT molecular complexity index is 686. The van der Waals surface area contributed by atoms with Crippen molar-refractivity contribution >= 4 is 17.7 Å². The second-order valence-electron chi connectivity index (χ2n) is 4.80. The van der Waals surface area contributed by atoms with Crippen molar-refractivity contribution in [2.24, 2.45) is 0 Å². The summed E-state index contributed by atoms with van der Waals surface area (Å²) in [7, 11) is 3.14. The average Bonchev–Trinajstić information content (AvgIpc) is 3.09. The summed E-state index contributed by atoms with van der Waals surface area (Å²) in [6, 6.07) is 5.35. The van der Waals surface area contributed by atoms with E-state index in [-0.39, 0.29) is 11.7 Å². The molecule has 130 valence electrons. The van der Waals surface area contributed by atoms with Crippen molar-refractivity contribution in [2.75, 3.05) is 33.1 Å². The van der Waals surface area contributed by atoms with E-state index >= 15 is 0 Å². The molecule has 0 spiro atoms. The highest BCUT2D eigenvalue weighted by Gasteiger charge is 2.15. The number of hydrogen-bond acceptors (Lipinski definition) is 7. The molecule has 1 amide bonds. The smallest absolute Gasteiger partial charge is 0.277 e. The van der Waals surface area contributed by atoms with E-state index in [1.54, 1.807) is 31.3 Å². The minimum absolute atomic E-state index is 0.0517. The van der Waals surface area contributed by atoms with E-state index in [0.29, 0.717) is 35.7 Å². The fourth-order valence-electron chi connectivity index (χ4n) is 2.15. The molecule has 0 bridgehead atoms. The van der Waals surface area contributed by atoms with Crippen LogP contribution in [0, 0.1) is 0 Å². The summed E-state index contributed by atoms with van der Waals surface area (Å²) in [5.41, 5.74) is 0.724. The molecule has 0 N–H and O–H groups in total. The molecule has 2 aromatic rings. The summed E-state index contributed by atoms with van der Waals surface area (Å²) in [5, 5.41) is 8.36. The number of nitrogens with zero attached hydrogens (tertiary/aromatic N) is 3. The van der Waals surface area contributed by atoms with E-state index in [9.17, 15) is 4.79 Å². The van der Waals surface area contributed by atoms with Gasteiger partial charge in [0, 0.05) is 18.7 Å². The quantitative estimate of drug-likeness (QED) is 0.677. The monoisotopic (exact) mass is 351 g/mol.